The van der Waals surface area contributed by atoms with Gasteiger partial charge in [-0.05, 0) is 31.9 Å². The third-order valence-electron chi connectivity index (χ3n) is 3.25. The number of carbonyl (C=O) groups is 1. The summed E-state index contributed by atoms with van der Waals surface area (Å²) in [4.78, 5) is 12.3. The molecule has 0 spiro atoms. The number of hydrogen-bond acceptors (Lipinski definition) is 3. The summed E-state index contributed by atoms with van der Waals surface area (Å²) in [7, 11) is 0. The molecule has 19 heavy (non-hydrogen) atoms. The highest BCUT2D eigenvalue weighted by atomic mass is 16.5. The first-order valence-corrected chi connectivity index (χ1v) is 6.94. The molecule has 1 saturated heterocycles. The minimum atomic E-state index is -0.0159. The largest absolute Gasteiger partial charge is 0.384 e. The topological polar surface area (TPSA) is 50.4 Å². The summed E-state index contributed by atoms with van der Waals surface area (Å²) < 4.78 is 5.28. The van der Waals surface area contributed by atoms with Crippen molar-refractivity contribution in [2.24, 2.45) is 0 Å². The van der Waals surface area contributed by atoms with Crippen LogP contribution in [0.15, 0.2) is 18.2 Å². The van der Waals surface area contributed by atoms with Gasteiger partial charge in [-0.25, -0.2) is 0 Å². The number of carbonyl (C=O) groups excluding carboxylic acids is 1. The van der Waals surface area contributed by atoms with Crippen molar-refractivity contribution >= 4 is 11.6 Å². The number of hydrogen-bond donors (Lipinski definition) is 2. The van der Waals surface area contributed by atoms with Crippen molar-refractivity contribution in [1.29, 1.82) is 0 Å². The maximum Gasteiger partial charge on any atom is 0.253 e. The van der Waals surface area contributed by atoms with Crippen LogP contribution < -0.4 is 10.6 Å². The number of rotatable bonds is 5. The van der Waals surface area contributed by atoms with Gasteiger partial charge in [-0.15, -0.1) is 0 Å². The molecule has 1 fully saturated rings. The lowest BCUT2D eigenvalue weighted by molar-refractivity contribution is 0.0930. The number of aryl methyl sites for hydroxylation is 1. The molecule has 0 aromatic heterocycles. The maximum absolute atomic E-state index is 12.3. The van der Waals surface area contributed by atoms with Crippen LogP contribution in [0.4, 0.5) is 5.69 Å². The average molecular weight is 262 g/mol. The maximum atomic E-state index is 12.3. The fourth-order valence-corrected chi connectivity index (χ4v) is 2.17. The SMILES string of the molecule is CCCNc1ccc(C)cc1C(=O)NC1CCOC1. The zero-order chi connectivity index (χ0) is 13.7. The molecule has 0 radical (unpaired) electrons. The van der Waals surface area contributed by atoms with E-state index in [0.717, 1.165) is 42.8 Å². The zero-order valence-corrected chi connectivity index (χ0v) is 11.7. The monoisotopic (exact) mass is 262 g/mol. The van der Waals surface area contributed by atoms with Gasteiger partial charge in [-0.2, -0.15) is 0 Å². The Balaban J connectivity index is 2.11. The normalized spacial score (nSPS) is 18.3. The van der Waals surface area contributed by atoms with Crippen LogP contribution in [0.5, 0.6) is 0 Å². The van der Waals surface area contributed by atoms with Gasteiger partial charge in [0, 0.05) is 18.8 Å². The van der Waals surface area contributed by atoms with E-state index < -0.39 is 0 Å². The fraction of sp³-hybridized carbons (Fsp3) is 0.533. The van der Waals surface area contributed by atoms with Crippen LogP contribution in [-0.2, 0) is 4.74 Å². The predicted molar refractivity (Wildman–Crippen MR) is 76.6 cm³/mol. The van der Waals surface area contributed by atoms with E-state index in [0.29, 0.717) is 6.61 Å². The molecule has 2 N–H and O–H groups in total. The summed E-state index contributed by atoms with van der Waals surface area (Å²) >= 11 is 0. The van der Waals surface area contributed by atoms with Crippen molar-refractivity contribution in [1.82, 2.24) is 5.32 Å². The van der Waals surface area contributed by atoms with E-state index in [9.17, 15) is 4.79 Å². The van der Waals surface area contributed by atoms with Gasteiger partial charge >= 0.3 is 0 Å². The van der Waals surface area contributed by atoms with Crippen LogP contribution in [0.1, 0.15) is 35.7 Å². The Morgan fingerprint density at radius 2 is 2.32 bits per heavy atom. The highest BCUT2D eigenvalue weighted by Gasteiger charge is 2.20. The van der Waals surface area contributed by atoms with Crippen molar-refractivity contribution in [2.75, 3.05) is 25.1 Å². The van der Waals surface area contributed by atoms with Crippen LogP contribution in [-0.4, -0.2) is 31.7 Å². The number of benzene rings is 1. The van der Waals surface area contributed by atoms with Crippen molar-refractivity contribution in [3.8, 4) is 0 Å². The van der Waals surface area contributed by atoms with Gasteiger partial charge in [0.05, 0.1) is 18.2 Å². The summed E-state index contributed by atoms with van der Waals surface area (Å²) in [6.07, 6.45) is 1.93. The first kappa shape index (κ1) is 13.9. The Hall–Kier alpha value is -1.55. The smallest absolute Gasteiger partial charge is 0.253 e. The molecule has 1 heterocycles. The molecule has 1 aliphatic heterocycles. The first-order chi connectivity index (χ1) is 9.20. The van der Waals surface area contributed by atoms with Gasteiger partial charge in [0.15, 0.2) is 0 Å². The van der Waals surface area contributed by atoms with E-state index >= 15 is 0 Å². The van der Waals surface area contributed by atoms with Gasteiger partial charge in [-0.1, -0.05) is 18.6 Å². The molecule has 0 bridgehead atoms. The Morgan fingerprint density at radius 1 is 1.47 bits per heavy atom. The molecule has 1 aliphatic rings. The summed E-state index contributed by atoms with van der Waals surface area (Å²) in [6.45, 7) is 6.33. The second-order valence-corrected chi connectivity index (χ2v) is 5.01. The molecule has 1 atom stereocenters. The predicted octanol–water partition coefficient (Wildman–Crippen LogP) is 2.34. The molecule has 0 saturated carbocycles. The number of anilines is 1. The van der Waals surface area contributed by atoms with Crippen molar-refractivity contribution in [3.05, 3.63) is 29.3 Å². The molecule has 4 heteroatoms. The molecular weight excluding hydrogens is 240 g/mol. The Kier molecular flexibility index (Phi) is 4.80. The van der Waals surface area contributed by atoms with Crippen LogP contribution in [0.3, 0.4) is 0 Å². The quantitative estimate of drug-likeness (QED) is 0.856. The molecule has 104 valence electrons. The third kappa shape index (κ3) is 3.70. The summed E-state index contributed by atoms with van der Waals surface area (Å²) in [5, 5.41) is 6.34. The first-order valence-electron chi connectivity index (χ1n) is 6.94. The van der Waals surface area contributed by atoms with E-state index in [1.54, 1.807) is 0 Å². The lowest BCUT2D eigenvalue weighted by Crippen LogP contribution is -2.35. The lowest BCUT2D eigenvalue weighted by atomic mass is 10.1. The highest BCUT2D eigenvalue weighted by molar-refractivity contribution is 6.00. The number of ether oxygens (including phenoxy) is 1. The lowest BCUT2D eigenvalue weighted by Gasteiger charge is -2.15. The third-order valence-corrected chi connectivity index (χ3v) is 3.25. The van der Waals surface area contributed by atoms with Gasteiger partial charge in [-0.3, -0.25) is 4.79 Å². The fourth-order valence-electron chi connectivity index (χ4n) is 2.17. The standard InChI is InChI=1S/C15H22N2O2/c1-3-7-16-14-5-4-11(2)9-13(14)15(18)17-12-6-8-19-10-12/h4-5,9,12,16H,3,6-8,10H2,1-2H3,(H,17,18). The second kappa shape index (κ2) is 6.57. The molecule has 1 aromatic carbocycles. The zero-order valence-electron chi connectivity index (χ0n) is 11.7. The van der Waals surface area contributed by atoms with E-state index in [1.165, 1.54) is 0 Å². The van der Waals surface area contributed by atoms with Crippen LogP contribution in [0.2, 0.25) is 0 Å². The molecular formula is C15H22N2O2. The van der Waals surface area contributed by atoms with E-state index in [1.807, 2.05) is 25.1 Å². The van der Waals surface area contributed by atoms with Crippen LogP contribution in [0.25, 0.3) is 0 Å². The molecule has 2 rings (SSSR count). The molecule has 1 unspecified atom stereocenters. The number of nitrogens with one attached hydrogen (secondary N) is 2. The van der Waals surface area contributed by atoms with Crippen LogP contribution in [0, 0.1) is 6.92 Å². The summed E-state index contributed by atoms with van der Waals surface area (Å²) in [6, 6.07) is 6.08. The summed E-state index contributed by atoms with van der Waals surface area (Å²) in [5.41, 5.74) is 2.72. The van der Waals surface area contributed by atoms with Crippen molar-refractivity contribution in [3.63, 3.8) is 0 Å². The van der Waals surface area contributed by atoms with Gasteiger partial charge in [0.25, 0.3) is 5.91 Å². The molecule has 1 amide bonds. The number of amides is 1. The average Bonchev–Trinajstić information content (AvgIpc) is 2.90. The van der Waals surface area contributed by atoms with Crippen molar-refractivity contribution in [2.45, 2.75) is 32.7 Å². The van der Waals surface area contributed by atoms with E-state index in [2.05, 4.69) is 17.6 Å². The molecule has 4 nitrogen and oxygen atoms in total. The minimum absolute atomic E-state index is 0.0159. The van der Waals surface area contributed by atoms with E-state index in [4.69, 9.17) is 4.74 Å². The Labute approximate surface area is 114 Å². The van der Waals surface area contributed by atoms with Crippen molar-refractivity contribution < 1.29 is 9.53 Å². The second-order valence-electron chi connectivity index (χ2n) is 5.01. The molecule has 0 aliphatic carbocycles. The van der Waals surface area contributed by atoms with Crippen LogP contribution >= 0.6 is 0 Å². The molecule has 1 aromatic rings. The van der Waals surface area contributed by atoms with Gasteiger partial charge in [0.2, 0.25) is 0 Å². The van der Waals surface area contributed by atoms with Gasteiger partial charge in [0.1, 0.15) is 0 Å². The Morgan fingerprint density at radius 3 is 3.00 bits per heavy atom. The Bertz CT molecular complexity index is 440. The summed E-state index contributed by atoms with van der Waals surface area (Å²) in [5.74, 6) is -0.0159. The van der Waals surface area contributed by atoms with E-state index in [-0.39, 0.29) is 11.9 Å². The minimum Gasteiger partial charge on any atom is -0.384 e. The van der Waals surface area contributed by atoms with Gasteiger partial charge < -0.3 is 15.4 Å². The highest BCUT2D eigenvalue weighted by Crippen LogP contribution is 2.18.